The van der Waals surface area contributed by atoms with Crippen molar-refractivity contribution in [2.24, 2.45) is 0 Å². The van der Waals surface area contributed by atoms with Crippen LogP contribution in [-0.4, -0.2) is 4.98 Å². The van der Waals surface area contributed by atoms with Gasteiger partial charge in [-0.2, -0.15) is 4.57 Å². The van der Waals surface area contributed by atoms with E-state index in [1.165, 1.54) is 16.3 Å². The van der Waals surface area contributed by atoms with E-state index < -0.39 is 0 Å². The van der Waals surface area contributed by atoms with Crippen LogP contribution in [0.3, 0.4) is 0 Å². The highest BCUT2D eigenvalue weighted by Crippen LogP contribution is 2.20. The first-order valence-corrected chi connectivity index (χ1v) is 6.64. The second-order valence-corrected chi connectivity index (χ2v) is 4.35. The Hall–Kier alpha value is -1.23. The van der Waals surface area contributed by atoms with E-state index in [-0.39, 0.29) is 0 Å². The number of fused-ring (bicyclic) bond motifs is 3. The van der Waals surface area contributed by atoms with Gasteiger partial charge < -0.3 is 0 Å². The molecule has 0 atom stereocenters. The normalized spacial score (nSPS) is 11.1. The van der Waals surface area contributed by atoms with Crippen molar-refractivity contribution >= 4 is 44.4 Å². The van der Waals surface area contributed by atoms with Crippen molar-refractivity contribution in [2.45, 2.75) is 4.55 Å². The SMILES string of the molecule is IC[n+]1cccc2ccc3ncccc3c21. The molecule has 3 aromatic rings. The smallest absolute Gasteiger partial charge is 0.222 e. The van der Waals surface area contributed by atoms with Gasteiger partial charge in [0.25, 0.3) is 0 Å². The molecular weight excluding hydrogens is 311 g/mol. The first-order chi connectivity index (χ1) is 7.90. The molecular formula is C13H10IN2+. The lowest BCUT2D eigenvalue weighted by Crippen LogP contribution is -2.31. The van der Waals surface area contributed by atoms with Gasteiger partial charge in [0.15, 0.2) is 10.7 Å². The maximum Gasteiger partial charge on any atom is 0.222 e. The van der Waals surface area contributed by atoms with E-state index in [0.717, 1.165) is 10.1 Å². The third-order valence-corrected chi connectivity index (χ3v) is 3.48. The highest BCUT2D eigenvalue weighted by atomic mass is 127. The number of hydrogen-bond acceptors (Lipinski definition) is 1. The zero-order valence-electron chi connectivity index (χ0n) is 8.60. The summed E-state index contributed by atoms with van der Waals surface area (Å²) in [5.74, 6) is 0. The zero-order chi connectivity index (χ0) is 11.0. The molecule has 3 rings (SSSR count). The van der Waals surface area contributed by atoms with E-state index in [0.29, 0.717) is 0 Å². The first kappa shape index (κ1) is 9.96. The highest BCUT2D eigenvalue weighted by Gasteiger charge is 2.10. The molecule has 2 heterocycles. The average Bonchev–Trinajstić information content (AvgIpc) is 2.37. The summed E-state index contributed by atoms with van der Waals surface area (Å²) in [6.45, 7) is 0. The number of benzene rings is 1. The number of halogens is 1. The van der Waals surface area contributed by atoms with E-state index in [1.54, 1.807) is 0 Å². The van der Waals surface area contributed by atoms with Crippen LogP contribution in [0.15, 0.2) is 48.8 Å². The zero-order valence-corrected chi connectivity index (χ0v) is 10.8. The predicted molar refractivity (Wildman–Crippen MR) is 73.5 cm³/mol. The second kappa shape index (κ2) is 3.97. The van der Waals surface area contributed by atoms with Crippen LogP contribution in [0.2, 0.25) is 0 Å². The Morgan fingerprint density at radius 1 is 1.12 bits per heavy atom. The third-order valence-electron chi connectivity index (χ3n) is 2.75. The van der Waals surface area contributed by atoms with Gasteiger partial charge in [0.2, 0.25) is 5.52 Å². The maximum absolute atomic E-state index is 4.39. The number of rotatable bonds is 1. The lowest BCUT2D eigenvalue weighted by molar-refractivity contribution is -0.643. The fraction of sp³-hybridized carbons (Fsp3) is 0.0769. The van der Waals surface area contributed by atoms with Gasteiger partial charge in [-0.1, -0.05) is 0 Å². The van der Waals surface area contributed by atoms with Gasteiger partial charge in [0, 0.05) is 17.6 Å². The van der Waals surface area contributed by atoms with Gasteiger partial charge in [-0.05, 0) is 52.9 Å². The summed E-state index contributed by atoms with van der Waals surface area (Å²) < 4.78 is 3.20. The number of nitrogens with zero attached hydrogens (tertiary/aromatic N) is 2. The van der Waals surface area contributed by atoms with Crippen molar-refractivity contribution in [3.8, 4) is 0 Å². The summed E-state index contributed by atoms with van der Waals surface area (Å²) in [5.41, 5.74) is 2.32. The summed E-state index contributed by atoms with van der Waals surface area (Å²) >= 11 is 2.38. The molecule has 0 saturated heterocycles. The molecule has 1 aromatic carbocycles. The Kier molecular flexibility index (Phi) is 2.47. The summed E-state index contributed by atoms with van der Waals surface area (Å²) in [5, 5.41) is 2.48. The molecule has 2 aromatic heterocycles. The van der Waals surface area contributed by atoms with Gasteiger partial charge in [-0.15, -0.1) is 0 Å². The van der Waals surface area contributed by atoms with Crippen molar-refractivity contribution in [2.75, 3.05) is 0 Å². The molecule has 3 heteroatoms. The van der Waals surface area contributed by atoms with Gasteiger partial charge in [-0.3, -0.25) is 4.98 Å². The summed E-state index contributed by atoms with van der Waals surface area (Å²) in [7, 11) is 0. The molecule has 0 fully saturated rings. The third kappa shape index (κ3) is 1.46. The number of aromatic nitrogens is 2. The average molecular weight is 321 g/mol. The van der Waals surface area contributed by atoms with Crippen molar-refractivity contribution in [3.05, 3.63) is 48.8 Å². The van der Waals surface area contributed by atoms with Crippen molar-refractivity contribution in [1.82, 2.24) is 4.98 Å². The predicted octanol–water partition coefficient (Wildman–Crippen LogP) is 3.07. The van der Waals surface area contributed by atoms with E-state index >= 15 is 0 Å². The van der Waals surface area contributed by atoms with Crippen molar-refractivity contribution in [3.63, 3.8) is 0 Å². The van der Waals surface area contributed by atoms with Crippen LogP contribution in [0.4, 0.5) is 0 Å². The summed E-state index contributed by atoms with van der Waals surface area (Å²) in [4.78, 5) is 4.39. The van der Waals surface area contributed by atoms with Crippen LogP contribution < -0.4 is 4.57 Å². The Morgan fingerprint density at radius 2 is 2.06 bits per heavy atom. The second-order valence-electron chi connectivity index (χ2n) is 3.67. The van der Waals surface area contributed by atoms with Crippen LogP contribution >= 0.6 is 22.6 Å². The van der Waals surface area contributed by atoms with Crippen molar-refractivity contribution in [1.29, 1.82) is 0 Å². The molecule has 0 radical (unpaired) electrons. The first-order valence-electron chi connectivity index (χ1n) is 5.12. The van der Waals surface area contributed by atoms with Gasteiger partial charge in [0.05, 0.1) is 10.9 Å². The largest absolute Gasteiger partial charge is 0.256 e. The molecule has 0 aliphatic heterocycles. The van der Waals surface area contributed by atoms with E-state index in [9.17, 15) is 0 Å². The Balaban J connectivity index is 2.57. The molecule has 0 saturated carbocycles. The van der Waals surface area contributed by atoms with Crippen LogP contribution in [-0.2, 0) is 4.55 Å². The maximum atomic E-state index is 4.39. The Labute approximate surface area is 107 Å². The Morgan fingerprint density at radius 3 is 2.94 bits per heavy atom. The molecule has 0 aliphatic carbocycles. The summed E-state index contributed by atoms with van der Waals surface area (Å²) in [6.07, 6.45) is 3.95. The van der Waals surface area contributed by atoms with E-state index in [2.05, 4.69) is 68.7 Å². The molecule has 2 nitrogen and oxygen atoms in total. The molecule has 0 unspecified atom stereocenters. The topological polar surface area (TPSA) is 16.8 Å². The quantitative estimate of drug-likeness (QED) is 0.291. The molecule has 16 heavy (non-hydrogen) atoms. The van der Waals surface area contributed by atoms with Crippen LogP contribution in [0.5, 0.6) is 0 Å². The molecule has 78 valence electrons. The van der Waals surface area contributed by atoms with Gasteiger partial charge >= 0.3 is 0 Å². The molecule has 0 aliphatic rings. The lowest BCUT2D eigenvalue weighted by atomic mass is 10.1. The number of pyridine rings is 2. The standard InChI is InChI=1S/C13H10IN2/c14-9-16-8-2-3-10-5-6-12-11(13(10)16)4-1-7-15-12/h1-8H,9H2/q+1. The van der Waals surface area contributed by atoms with Gasteiger partial charge in [0.1, 0.15) is 0 Å². The summed E-state index contributed by atoms with van der Waals surface area (Å²) in [6, 6.07) is 12.6. The van der Waals surface area contributed by atoms with Crippen LogP contribution in [0.25, 0.3) is 21.8 Å². The van der Waals surface area contributed by atoms with Gasteiger partial charge in [-0.25, -0.2) is 0 Å². The van der Waals surface area contributed by atoms with Crippen molar-refractivity contribution < 1.29 is 4.57 Å². The van der Waals surface area contributed by atoms with Crippen LogP contribution in [0, 0.1) is 0 Å². The van der Waals surface area contributed by atoms with E-state index in [1.807, 2.05) is 12.3 Å². The lowest BCUT2D eigenvalue weighted by Gasteiger charge is -2.01. The minimum atomic E-state index is 0.948. The highest BCUT2D eigenvalue weighted by molar-refractivity contribution is 14.1. The van der Waals surface area contributed by atoms with E-state index in [4.69, 9.17) is 0 Å². The number of hydrogen-bond donors (Lipinski definition) is 0. The van der Waals surface area contributed by atoms with Crippen LogP contribution in [0.1, 0.15) is 0 Å². The minimum absolute atomic E-state index is 0.948. The Bertz CT molecular complexity index is 664. The molecule has 0 N–H and O–H groups in total. The minimum Gasteiger partial charge on any atom is -0.256 e. The monoisotopic (exact) mass is 321 g/mol. The molecule has 0 bridgehead atoms. The fourth-order valence-electron chi connectivity index (χ4n) is 2.03. The fourth-order valence-corrected chi connectivity index (χ4v) is 2.60. The molecule has 0 spiro atoms. The molecule has 0 amide bonds. The number of alkyl halides is 1.